The molecule has 148 valence electrons. The minimum atomic E-state index is 0.616. The van der Waals surface area contributed by atoms with Crippen LogP contribution in [0.25, 0.3) is 0 Å². The average molecular weight is 351 g/mol. The number of hydrogen-bond acceptors (Lipinski definition) is 1. The first-order valence-electron chi connectivity index (χ1n) is 11.6. The predicted molar refractivity (Wildman–Crippen MR) is 114 cm³/mol. The van der Waals surface area contributed by atoms with Gasteiger partial charge in [0.15, 0.2) is 0 Å². The van der Waals surface area contributed by atoms with E-state index < -0.39 is 0 Å². The van der Waals surface area contributed by atoms with E-state index in [1.54, 1.807) is 0 Å². The fourth-order valence-corrected chi connectivity index (χ4v) is 4.09. The summed E-state index contributed by atoms with van der Waals surface area (Å²) in [5.41, 5.74) is 0. The molecular formula is C23H46N2. The van der Waals surface area contributed by atoms with Crippen LogP contribution in [0, 0.1) is 0 Å². The van der Waals surface area contributed by atoms with Crippen molar-refractivity contribution in [1.82, 2.24) is 5.32 Å². The van der Waals surface area contributed by atoms with Crippen LogP contribution in [-0.4, -0.2) is 17.9 Å². The highest BCUT2D eigenvalue weighted by Crippen LogP contribution is 2.21. The zero-order chi connectivity index (χ0) is 18.2. The predicted octanol–water partition coefficient (Wildman–Crippen LogP) is 7.42. The maximum absolute atomic E-state index is 4.84. The highest BCUT2D eigenvalue weighted by Gasteiger charge is 2.15. The van der Waals surface area contributed by atoms with Crippen molar-refractivity contribution in [2.24, 2.45) is 4.99 Å². The molecule has 0 bridgehead atoms. The number of amidine groups is 1. The van der Waals surface area contributed by atoms with Gasteiger partial charge in [-0.25, -0.2) is 0 Å². The van der Waals surface area contributed by atoms with Crippen molar-refractivity contribution < 1.29 is 0 Å². The fraction of sp³-hybridized carbons (Fsp3) is 0.957. The molecule has 0 unspecified atom stereocenters. The van der Waals surface area contributed by atoms with Crippen molar-refractivity contribution in [3.05, 3.63) is 0 Å². The molecular weight excluding hydrogens is 304 g/mol. The fourth-order valence-electron chi connectivity index (χ4n) is 4.09. The van der Waals surface area contributed by atoms with Gasteiger partial charge in [-0.05, 0) is 32.6 Å². The summed E-state index contributed by atoms with van der Waals surface area (Å²) in [6.07, 6.45) is 23.7. The molecule has 2 fully saturated rings. The number of unbranched alkanes of at least 4 members (excludes halogenated alkanes) is 6. The van der Waals surface area contributed by atoms with E-state index in [0.29, 0.717) is 12.1 Å². The van der Waals surface area contributed by atoms with E-state index in [0.717, 1.165) is 0 Å². The summed E-state index contributed by atoms with van der Waals surface area (Å²) < 4.78 is 0. The largest absolute Gasteiger partial charge is 0.371 e. The lowest BCUT2D eigenvalue weighted by Gasteiger charge is -2.25. The second-order valence-corrected chi connectivity index (χ2v) is 8.25. The third-order valence-electron chi connectivity index (χ3n) is 5.68. The molecule has 0 radical (unpaired) electrons. The Morgan fingerprint density at radius 3 is 1.72 bits per heavy atom. The summed E-state index contributed by atoms with van der Waals surface area (Å²) >= 11 is 0. The Labute approximate surface area is 158 Å². The van der Waals surface area contributed by atoms with Crippen LogP contribution in [0.1, 0.15) is 130 Å². The molecule has 0 aliphatic heterocycles. The van der Waals surface area contributed by atoms with Gasteiger partial charge in [0.05, 0.1) is 11.9 Å². The Bertz CT molecular complexity index is 306. The maximum Gasteiger partial charge on any atom is 0.0937 e. The van der Waals surface area contributed by atoms with Gasteiger partial charge in [0, 0.05) is 6.04 Å². The molecule has 0 saturated heterocycles. The van der Waals surface area contributed by atoms with Gasteiger partial charge in [-0.2, -0.15) is 0 Å². The summed E-state index contributed by atoms with van der Waals surface area (Å²) in [7, 11) is 0. The smallest absolute Gasteiger partial charge is 0.0937 e. The number of rotatable bonds is 8. The van der Waals surface area contributed by atoms with E-state index in [4.69, 9.17) is 4.99 Å². The summed E-state index contributed by atoms with van der Waals surface area (Å²) in [6.45, 7) is 6.68. The number of hydrogen-bond donors (Lipinski definition) is 1. The van der Waals surface area contributed by atoms with Gasteiger partial charge in [0.2, 0.25) is 0 Å². The first-order chi connectivity index (χ1) is 12.3. The van der Waals surface area contributed by atoms with Crippen LogP contribution in [0.2, 0.25) is 0 Å². The van der Waals surface area contributed by atoms with E-state index >= 15 is 0 Å². The SMILES string of the molecule is CC(=NC1CCCCC1)NC1CCCCC1.CCCCCCCCC. The summed E-state index contributed by atoms with van der Waals surface area (Å²) in [5, 5.41) is 3.62. The average Bonchev–Trinajstić information content (AvgIpc) is 2.64. The first kappa shape index (κ1) is 22.5. The first-order valence-corrected chi connectivity index (χ1v) is 11.6. The Kier molecular flexibility index (Phi) is 14.1. The summed E-state index contributed by atoms with van der Waals surface area (Å²) in [6, 6.07) is 1.32. The van der Waals surface area contributed by atoms with Crippen LogP contribution in [0.15, 0.2) is 4.99 Å². The van der Waals surface area contributed by atoms with Crippen LogP contribution < -0.4 is 5.32 Å². The second kappa shape index (κ2) is 15.7. The standard InChI is InChI=1S/C14H26N2.C9H20/c1-12(15-13-8-4-2-5-9-13)16-14-10-6-3-7-11-14;1-3-5-7-9-8-6-4-2/h13-14H,2-11H2,1H3,(H,15,16);3-9H2,1-2H3. The lowest BCUT2D eigenvalue weighted by molar-refractivity contribution is 0.408. The van der Waals surface area contributed by atoms with Gasteiger partial charge < -0.3 is 5.32 Å². The molecule has 2 heteroatoms. The van der Waals surface area contributed by atoms with Gasteiger partial charge in [-0.1, -0.05) is 97.3 Å². The Balaban J connectivity index is 0.000000299. The van der Waals surface area contributed by atoms with Gasteiger partial charge in [-0.15, -0.1) is 0 Å². The third kappa shape index (κ3) is 12.5. The highest BCUT2D eigenvalue weighted by molar-refractivity contribution is 5.80. The normalized spacial score (nSPS) is 20.0. The van der Waals surface area contributed by atoms with E-state index in [2.05, 4.69) is 26.1 Å². The van der Waals surface area contributed by atoms with Crippen LogP contribution in [0.5, 0.6) is 0 Å². The molecule has 25 heavy (non-hydrogen) atoms. The van der Waals surface area contributed by atoms with E-state index in [-0.39, 0.29) is 0 Å². The molecule has 2 aliphatic rings. The van der Waals surface area contributed by atoms with Crippen LogP contribution in [0.3, 0.4) is 0 Å². The topological polar surface area (TPSA) is 24.4 Å². The van der Waals surface area contributed by atoms with Crippen molar-refractivity contribution in [2.75, 3.05) is 0 Å². The zero-order valence-electron chi connectivity index (χ0n) is 17.6. The molecule has 0 aromatic carbocycles. The highest BCUT2D eigenvalue weighted by atomic mass is 15.0. The quantitative estimate of drug-likeness (QED) is 0.275. The number of nitrogens with zero attached hydrogens (tertiary/aromatic N) is 1. The lowest BCUT2D eigenvalue weighted by Crippen LogP contribution is -2.35. The molecule has 0 atom stereocenters. The molecule has 0 amide bonds. The summed E-state index contributed by atoms with van der Waals surface area (Å²) in [5.74, 6) is 1.19. The Morgan fingerprint density at radius 1 is 0.720 bits per heavy atom. The van der Waals surface area contributed by atoms with Crippen molar-refractivity contribution in [2.45, 2.75) is 142 Å². The monoisotopic (exact) mass is 350 g/mol. The maximum atomic E-state index is 4.84. The third-order valence-corrected chi connectivity index (χ3v) is 5.68. The second-order valence-electron chi connectivity index (χ2n) is 8.25. The van der Waals surface area contributed by atoms with Crippen LogP contribution in [-0.2, 0) is 0 Å². The van der Waals surface area contributed by atoms with Gasteiger partial charge >= 0.3 is 0 Å². The molecule has 0 aromatic heterocycles. The molecule has 2 rings (SSSR count). The molecule has 0 aromatic rings. The van der Waals surface area contributed by atoms with E-state index in [1.807, 2.05) is 0 Å². The molecule has 2 aliphatic carbocycles. The van der Waals surface area contributed by atoms with Crippen molar-refractivity contribution in [3.8, 4) is 0 Å². The molecule has 2 saturated carbocycles. The zero-order valence-corrected chi connectivity index (χ0v) is 17.6. The van der Waals surface area contributed by atoms with E-state index in [1.165, 1.54) is 115 Å². The lowest BCUT2D eigenvalue weighted by atomic mass is 9.95. The van der Waals surface area contributed by atoms with Gasteiger partial charge in [-0.3, -0.25) is 4.99 Å². The van der Waals surface area contributed by atoms with Crippen molar-refractivity contribution in [3.63, 3.8) is 0 Å². The van der Waals surface area contributed by atoms with Crippen molar-refractivity contribution in [1.29, 1.82) is 0 Å². The Morgan fingerprint density at radius 2 is 1.20 bits per heavy atom. The minimum absolute atomic E-state index is 0.616. The molecule has 0 heterocycles. The number of nitrogens with one attached hydrogen (secondary N) is 1. The number of aliphatic imine (C=N–C) groups is 1. The van der Waals surface area contributed by atoms with Gasteiger partial charge in [0.1, 0.15) is 0 Å². The molecule has 0 spiro atoms. The van der Waals surface area contributed by atoms with E-state index in [9.17, 15) is 0 Å². The molecule has 2 nitrogen and oxygen atoms in total. The van der Waals surface area contributed by atoms with Gasteiger partial charge in [0.25, 0.3) is 0 Å². The van der Waals surface area contributed by atoms with Crippen LogP contribution in [0.4, 0.5) is 0 Å². The minimum Gasteiger partial charge on any atom is -0.371 e. The summed E-state index contributed by atoms with van der Waals surface area (Å²) in [4.78, 5) is 4.84. The Hall–Kier alpha value is -0.530. The molecule has 1 N–H and O–H groups in total. The van der Waals surface area contributed by atoms with Crippen molar-refractivity contribution >= 4 is 5.84 Å². The van der Waals surface area contributed by atoms with Crippen LogP contribution >= 0.6 is 0 Å².